The number of benzene rings is 3. The molecule has 4 amide bonds. The van der Waals surface area contributed by atoms with Gasteiger partial charge in [-0.3, -0.25) is 9.59 Å². The molecule has 322 valence electrons. The number of aromatic amines is 2. The van der Waals surface area contributed by atoms with E-state index in [4.69, 9.17) is 28.9 Å². The number of carbonyl (C=O) groups is 4. The maximum Gasteiger partial charge on any atom is 0.407 e. The second-order valence-corrected chi connectivity index (χ2v) is 16.5. The Bertz CT molecular complexity index is 2500. The van der Waals surface area contributed by atoms with Gasteiger partial charge in [-0.2, -0.15) is 0 Å². The lowest BCUT2D eigenvalue weighted by atomic mass is 9.92. The summed E-state index contributed by atoms with van der Waals surface area (Å²) in [5, 5.41) is 16.3. The van der Waals surface area contributed by atoms with Gasteiger partial charge in [-0.1, -0.05) is 25.1 Å². The summed E-state index contributed by atoms with van der Waals surface area (Å²) in [6, 6.07) is 11.6. The molecule has 0 spiro atoms. The highest BCUT2D eigenvalue weighted by molar-refractivity contribution is 6.07. The predicted octanol–water partition coefficient (Wildman–Crippen LogP) is 6.06. The molecule has 0 bridgehead atoms. The molecule has 8 rings (SSSR count). The van der Waals surface area contributed by atoms with Crippen LogP contribution in [-0.2, 0) is 30.4 Å². The smallest absolute Gasteiger partial charge is 0.407 e. The standard InChI is InChI=1S/C44H52N8O9/c1-21-14-34(51(19-21)41(53)36(23(3)58-5)50-44(57)60-7)40-46-31-12-10-25-16-30-28-11-9-26(15-27(28)20-61-35(30)17-29(25)38(31)48-40)32-18-45-39(47-32)33-13-8-22(2)52(33)42(54)37(24(4)59-6)49-43(55)56/h9-12,15-18,21-24,33-34,36-37,49H,8,13-14,19-20H2,1-7H3,(H,45,47)(H,46,48)(H,50,57)(H,55,56)/t21-,22-,23?,24?,33-,34-,36?,37?/m0/s1. The summed E-state index contributed by atoms with van der Waals surface area (Å²) < 4.78 is 22.0. The number of H-pyrrole nitrogens is 2. The molecule has 3 aliphatic rings. The van der Waals surface area contributed by atoms with Crippen LogP contribution >= 0.6 is 0 Å². The summed E-state index contributed by atoms with van der Waals surface area (Å²) in [6.07, 6.45) is 0.641. The third-order valence-electron chi connectivity index (χ3n) is 12.6. The molecular weight excluding hydrogens is 785 g/mol. The van der Waals surface area contributed by atoms with Gasteiger partial charge in [0.05, 0.1) is 54.3 Å². The second-order valence-electron chi connectivity index (χ2n) is 16.5. The van der Waals surface area contributed by atoms with Crippen molar-refractivity contribution in [2.75, 3.05) is 27.9 Å². The number of carbonyl (C=O) groups excluding carboxylic acids is 3. The number of methoxy groups -OCH3 is 3. The Labute approximate surface area is 352 Å². The molecular formula is C44H52N8O9. The molecule has 5 N–H and O–H groups in total. The molecule has 5 aromatic rings. The van der Waals surface area contributed by atoms with Crippen LogP contribution in [0.15, 0.2) is 48.7 Å². The SMILES string of the molecule is COC(=O)NC(C(=O)N1C[C@@H](C)C[C@H]1c1nc2c(ccc3cc4c(cc32)OCc2cc(-c3cnc([C@@H]5CC[C@H](C)N5C(=O)C(NC(=O)O)C(C)OC)[nH]3)ccc2-4)[nH]1)C(C)OC. The molecule has 4 unspecified atom stereocenters. The van der Waals surface area contributed by atoms with Crippen LogP contribution < -0.4 is 15.4 Å². The van der Waals surface area contributed by atoms with Gasteiger partial charge in [-0.25, -0.2) is 19.6 Å². The summed E-state index contributed by atoms with van der Waals surface area (Å²) in [6.45, 7) is 8.30. The van der Waals surface area contributed by atoms with Gasteiger partial charge >= 0.3 is 12.2 Å². The van der Waals surface area contributed by atoms with Crippen LogP contribution in [0, 0.1) is 5.92 Å². The van der Waals surface area contributed by atoms with Gasteiger partial charge in [0.2, 0.25) is 11.8 Å². The Balaban J connectivity index is 1.05. The molecule has 2 fully saturated rings. The Morgan fingerprint density at radius 1 is 0.885 bits per heavy atom. The number of aromatic nitrogens is 4. The summed E-state index contributed by atoms with van der Waals surface area (Å²) >= 11 is 0. The van der Waals surface area contributed by atoms with E-state index >= 15 is 0 Å². The van der Waals surface area contributed by atoms with E-state index in [0.717, 1.165) is 61.9 Å². The van der Waals surface area contributed by atoms with Crippen molar-refractivity contribution in [2.24, 2.45) is 5.92 Å². The van der Waals surface area contributed by atoms with E-state index in [9.17, 15) is 24.3 Å². The first-order chi connectivity index (χ1) is 29.3. The zero-order valence-electron chi connectivity index (χ0n) is 35.3. The summed E-state index contributed by atoms with van der Waals surface area (Å²) in [5.74, 6) is 1.63. The molecule has 5 heterocycles. The quantitative estimate of drug-likeness (QED) is 0.103. The predicted molar refractivity (Wildman–Crippen MR) is 225 cm³/mol. The first-order valence-corrected chi connectivity index (χ1v) is 20.6. The fourth-order valence-electron chi connectivity index (χ4n) is 9.15. The highest BCUT2D eigenvalue weighted by Crippen LogP contribution is 2.44. The highest BCUT2D eigenvalue weighted by Gasteiger charge is 2.43. The third kappa shape index (κ3) is 7.71. The van der Waals surface area contributed by atoms with E-state index in [1.54, 1.807) is 29.8 Å². The molecule has 0 aliphatic carbocycles. The number of imidazole rings is 2. The molecule has 61 heavy (non-hydrogen) atoms. The Kier molecular flexibility index (Phi) is 11.4. The summed E-state index contributed by atoms with van der Waals surface area (Å²) in [7, 11) is 4.20. The first-order valence-electron chi connectivity index (χ1n) is 20.6. The van der Waals surface area contributed by atoms with Gasteiger partial charge < -0.3 is 54.5 Å². The van der Waals surface area contributed by atoms with Gasteiger partial charge in [-0.15, -0.1) is 0 Å². The van der Waals surface area contributed by atoms with E-state index in [1.807, 2.05) is 25.1 Å². The van der Waals surface area contributed by atoms with E-state index in [2.05, 4.69) is 51.8 Å². The number of hydrogen-bond acceptors (Lipinski definition) is 10. The van der Waals surface area contributed by atoms with Crippen molar-refractivity contribution in [3.05, 3.63) is 65.9 Å². The number of ether oxygens (including phenoxy) is 4. The molecule has 8 atom stereocenters. The van der Waals surface area contributed by atoms with Crippen molar-refractivity contribution in [3.63, 3.8) is 0 Å². The van der Waals surface area contributed by atoms with Crippen molar-refractivity contribution in [3.8, 4) is 28.1 Å². The highest BCUT2D eigenvalue weighted by atomic mass is 16.5. The average Bonchev–Trinajstić information content (AvgIpc) is 4.08. The van der Waals surface area contributed by atoms with Crippen LogP contribution in [0.2, 0.25) is 0 Å². The second kappa shape index (κ2) is 16.7. The van der Waals surface area contributed by atoms with Crippen molar-refractivity contribution in [2.45, 2.75) is 96.0 Å². The molecule has 3 aliphatic heterocycles. The summed E-state index contributed by atoms with van der Waals surface area (Å²) in [5.41, 5.74) is 6.33. The topological polar surface area (TPSA) is 213 Å². The lowest BCUT2D eigenvalue weighted by molar-refractivity contribution is -0.139. The molecule has 17 nitrogen and oxygen atoms in total. The van der Waals surface area contributed by atoms with Crippen molar-refractivity contribution in [1.29, 1.82) is 0 Å². The fourth-order valence-corrected chi connectivity index (χ4v) is 9.15. The molecule has 17 heteroatoms. The maximum absolute atomic E-state index is 14.0. The largest absolute Gasteiger partial charge is 0.488 e. The Morgan fingerprint density at radius 2 is 1.64 bits per heavy atom. The minimum Gasteiger partial charge on any atom is -0.488 e. The number of amides is 4. The number of likely N-dealkylation sites (tertiary alicyclic amines) is 2. The zero-order chi connectivity index (χ0) is 43.3. The van der Waals surface area contributed by atoms with Gasteiger partial charge in [0, 0.05) is 37.8 Å². The number of hydrogen-bond donors (Lipinski definition) is 5. The zero-order valence-corrected chi connectivity index (χ0v) is 35.3. The van der Waals surface area contributed by atoms with E-state index < -0.39 is 36.5 Å². The van der Waals surface area contributed by atoms with Gasteiger partial charge in [0.1, 0.15) is 36.1 Å². The minimum atomic E-state index is -1.29. The lowest BCUT2D eigenvalue weighted by Gasteiger charge is -2.33. The van der Waals surface area contributed by atoms with Crippen molar-refractivity contribution in [1.82, 2.24) is 40.4 Å². The average molecular weight is 837 g/mol. The monoisotopic (exact) mass is 836 g/mol. The number of nitrogens with one attached hydrogen (secondary N) is 4. The first kappa shape index (κ1) is 41.5. The van der Waals surface area contributed by atoms with Gasteiger partial charge in [0.15, 0.2) is 0 Å². The fraction of sp³-hybridized carbons (Fsp3) is 0.455. The Hall–Kier alpha value is -6.20. The third-order valence-corrected chi connectivity index (χ3v) is 12.6. The van der Waals surface area contributed by atoms with E-state index in [-0.39, 0.29) is 35.9 Å². The van der Waals surface area contributed by atoms with Crippen LogP contribution in [0.4, 0.5) is 9.59 Å². The van der Waals surface area contributed by atoms with Gasteiger partial charge in [-0.05, 0) is 92.3 Å². The number of alkyl carbamates (subject to hydrolysis) is 1. The molecule has 2 saturated heterocycles. The van der Waals surface area contributed by atoms with Crippen LogP contribution in [0.3, 0.4) is 0 Å². The Morgan fingerprint density at radius 3 is 2.36 bits per heavy atom. The normalized spacial score (nSPS) is 21.6. The number of nitrogens with zero attached hydrogens (tertiary/aromatic N) is 4. The maximum atomic E-state index is 14.0. The molecule has 0 radical (unpaired) electrons. The molecule has 3 aromatic carbocycles. The minimum absolute atomic E-state index is 0.116. The lowest BCUT2D eigenvalue weighted by Crippen LogP contribution is -2.55. The van der Waals surface area contributed by atoms with Crippen LogP contribution in [0.25, 0.3) is 44.2 Å². The number of carboxylic acid groups (broad SMARTS) is 1. The van der Waals surface area contributed by atoms with Crippen LogP contribution in [0.5, 0.6) is 5.75 Å². The number of rotatable bonds is 11. The van der Waals surface area contributed by atoms with Crippen molar-refractivity contribution >= 4 is 45.8 Å². The number of fused-ring (bicyclic) bond motifs is 6. The van der Waals surface area contributed by atoms with E-state index in [1.165, 1.54) is 21.3 Å². The van der Waals surface area contributed by atoms with E-state index in [0.29, 0.717) is 37.6 Å². The molecule has 0 saturated carbocycles. The van der Waals surface area contributed by atoms with Crippen LogP contribution in [0.1, 0.15) is 76.3 Å². The van der Waals surface area contributed by atoms with Gasteiger partial charge in [0.25, 0.3) is 0 Å². The summed E-state index contributed by atoms with van der Waals surface area (Å²) in [4.78, 5) is 71.7. The van der Waals surface area contributed by atoms with Crippen molar-refractivity contribution < 1.29 is 43.2 Å². The molecule has 2 aromatic heterocycles. The van der Waals surface area contributed by atoms with Crippen LogP contribution in [-0.4, -0.2) is 117 Å².